The van der Waals surface area contributed by atoms with Crippen molar-refractivity contribution in [3.8, 4) is 0 Å². The molecule has 0 atom stereocenters. The van der Waals surface area contributed by atoms with Crippen LogP contribution >= 0.6 is 0 Å². The molecule has 5 heteroatoms. The zero-order valence-electron chi connectivity index (χ0n) is 16.5. The van der Waals surface area contributed by atoms with Crippen LogP contribution in [0.3, 0.4) is 0 Å². The molecule has 27 heavy (non-hydrogen) atoms. The van der Waals surface area contributed by atoms with Gasteiger partial charge in [0.2, 0.25) is 0 Å². The first kappa shape index (κ1) is 20.9. The van der Waals surface area contributed by atoms with Crippen molar-refractivity contribution in [3.63, 3.8) is 0 Å². The number of carbonyl (C=O) groups excluding carboxylic acids is 1. The molecule has 0 unspecified atom stereocenters. The largest absolute Gasteiger partial charge is 0.379 e. The molecule has 2 N–H and O–H groups in total. The molecule has 0 aliphatic carbocycles. The van der Waals surface area contributed by atoms with Crippen LogP contribution in [0.1, 0.15) is 31.9 Å². The van der Waals surface area contributed by atoms with Crippen molar-refractivity contribution in [3.05, 3.63) is 65.7 Å². The van der Waals surface area contributed by atoms with Crippen LogP contribution in [-0.4, -0.2) is 32.4 Å². The second-order valence-electron chi connectivity index (χ2n) is 7.01. The highest BCUT2D eigenvalue weighted by molar-refractivity contribution is 5.89. The summed E-state index contributed by atoms with van der Waals surface area (Å²) in [6.07, 6.45) is 0. The lowest BCUT2D eigenvalue weighted by atomic mass is 9.85. The van der Waals surface area contributed by atoms with E-state index in [-0.39, 0.29) is 11.4 Å². The van der Waals surface area contributed by atoms with Crippen LogP contribution in [-0.2, 0) is 21.5 Å². The average molecular weight is 370 g/mol. The standard InChI is InChI=1S/C22H30N2O3/c1-4-26-13-14-27-16-18-9-8-12-20(15-18)24-21(25)23-17-22(2,3)19-10-6-5-7-11-19/h5-12,15H,4,13-14,16-17H2,1-3H3,(H2,23,24,25). The molecule has 0 fully saturated rings. The molecule has 0 radical (unpaired) electrons. The van der Waals surface area contributed by atoms with Gasteiger partial charge in [0, 0.05) is 24.3 Å². The Labute approximate surface area is 162 Å². The van der Waals surface area contributed by atoms with Gasteiger partial charge in [-0.05, 0) is 30.2 Å². The van der Waals surface area contributed by atoms with Gasteiger partial charge in [-0.15, -0.1) is 0 Å². The van der Waals surface area contributed by atoms with Crippen molar-refractivity contribution in [1.82, 2.24) is 5.32 Å². The fourth-order valence-electron chi connectivity index (χ4n) is 2.66. The van der Waals surface area contributed by atoms with E-state index in [1.54, 1.807) is 0 Å². The number of ether oxygens (including phenoxy) is 2. The topological polar surface area (TPSA) is 59.6 Å². The van der Waals surface area contributed by atoms with E-state index >= 15 is 0 Å². The van der Waals surface area contributed by atoms with Gasteiger partial charge in [0.05, 0.1) is 19.8 Å². The smallest absolute Gasteiger partial charge is 0.319 e. The van der Waals surface area contributed by atoms with Crippen LogP contribution in [0.2, 0.25) is 0 Å². The number of hydrogen-bond donors (Lipinski definition) is 2. The maximum Gasteiger partial charge on any atom is 0.319 e. The number of amides is 2. The number of benzene rings is 2. The van der Waals surface area contributed by atoms with E-state index in [0.29, 0.717) is 33.0 Å². The second-order valence-corrected chi connectivity index (χ2v) is 7.01. The third-order valence-corrected chi connectivity index (χ3v) is 4.28. The first-order chi connectivity index (χ1) is 13.0. The molecule has 0 heterocycles. The van der Waals surface area contributed by atoms with Crippen LogP contribution in [0.5, 0.6) is 0 Å². The summed E-state index contributed by atoms with van der Waals surface area (Å²) in [4.78, 5) is 12.3. The van der Waals surface area contributed by atoms with Crippen molar-refractivity contribution >= 4 is 11.7 Å². The first-order valence-electron chi connectivity index (χ1n) is 9.36. The summed E-state index contributed by atoms with van der Waals surface area (Å²) in [5.74, 6) is 0. The number of rotatable bonds is 10. The molecule has 2 aromatic carbocycles. The fourth-order valence-corrected chi connectivity index (χ4v) is 2.66. The van der Waals surface area contributed by atoms with E-state index in [2.05, 4.69) is 36.6 Å². The Morgan fingerprint density at radius 1 is 1.00 bits per heavy atom. The van der Waals surface area contributed by atoms with E-state index in [9.17, 15) is 4.79 Å². The zero-order valence-corrected chi connectivity index (χ0v) is 16.5. The number of anilines is 1. The Kier molecular flexibility index (Phi) is 8.30. The maximum atomic E-state index is 12.3. The highest BCUT2D eigenvalue weighted by Gasteiger charge is 2.21. The summed E-state index contributed by atoms with van der Waals surface area (Å²) in [5.41, 5.74) is 2.80. The zero-order chi connectivity index (χ0) is 19.5. The molecule has 0 aliphatic heterocycles. The summed E-state index contributed by atoms with van der Waals surface area (Å²) >= 11 is 0. The van der Waals surface area contributed by atoms with Gasteiger partial charge in [-0.25, -0.2) is 4.79 Å². The minimum absolute atomic E-state index is 0.144. The summed E-state index contributed by atoms with van der Waals surface area (Å²) < 4.78 is 10.8. The molecule has 0 saturated heterocycles. The second kappa shape index (κ2) is 10.7. The van der Waals surface area contributed by atoms with Crippen molar-refractivity contribution in [2.24, 2.45) is 0 Å². The van der Waals surface area contributed by atoms with E-state index in [4.69, 9.17) is 9.47 Å². The van der Waals surface area contributed by atoms with Gasteiger partial charge in [-0.2, -0.15) is 0 Å². The Morgan fingerprint density at radius 2 is 1.74 bits per heavy atom. The third-order valence-electron chi connectivity index (χ3n) is 4.28. The molecule has 0 saturated carbocycles. The summed E-state index contributed by atoms with van der Waals surface area (Å²) in [6, 6.07) is 17.6. The number of nitrogens with one attached hydrogen (secondary N) is 2. The van der Waals surface area contributed by atoms with Crippen LogP contribution in [0.25, 0.3) is 0 Å². The summed E-state index contributed by atoms with van der Waals surface area (Å²) in [6.45, 7) is 9.06. The minimum Gasteiger partial charge on any atom is -0.379 e. The van der Waals surface area contributed by atoms with Crippen LogP contribution in [0.4, 0.5) is 10.5 Å². The van der Waals surface area contributed by atoms with Crippen molar-refractivity contribution in [2.75, 3.05) is 31.7 Å². The van der Waals surface area contributed by atoms with Gasteiger partial charge in [-0.1, -0.05) is 56.3 Å². The maximum absolute atomic E-state index is 12.3. The van der Waals surface area contributed by atoms with E-state index in [1.165, 1.54) is 5.56 Å². The molecule has 2 aromatic rings. The Morgan fingerprint density at radius 3 is 2.48 bits per heavy atom. The Balaban J connectivity index is 1.80. The molecule has 5 nitrogen and oxygen atoms in total. The number of carbonyl (C=O) groups is 1. The van der Waals surface area contributed by atoms with E-state index in [1.807, 2.05) is 49.4 Å². The molecular weight excluding hydrogens is 340 g/mol. The quantitative estimate of drug-likeness (QED) is 0.612. The van der Waals surface area contributed by atoms with Crippen LogP contribution in [0, 0.1) is 0 Å². The average Bonchev–Trinajstić information content (AvgIpc) is 2.67. The normalized spacial score (nSPS) is 11.2. The molecule has 2 rings (SSSR count). The highest BCUT2D eigenvalue weighted by atomic mass is 16.5. The summed E-state index contributed by atoms with van der Waals surface area (Å²) in [5, 5.41) is 5.84. The molecule has 0 bridgehead atoms. The van der Waals surface area contributed by atoms with E-state index in [0.717, 1.165) is 11.3 Å². The van der Waals surface area contributed by atoms with Gasteiger partial charge in [0.25, 0.3) is 0 Å². The van der Waals surface area contributed by atoms with Crippen molar-refractivity contribution in [1.29, 1.82) is 0 Å². The van der Waals surface area contributed by atoms with Gasteiger partial charge in [0.15, 0.2) is 0 Å². The van der Waals surface area contributed by atoms with Crippen LogP contribution < -0.4 is 10.6 Å². The minimum atomic E-state index is -0.214. The predicted octanol–water partition coefficient (Wildman–Crippen LogP) is 4.34. The van der Waals surface area contributed by atoms with Gasteiger partial charge < -0.3 is 20.1 Å². The lowest BCUT2D eigenvalue weighted by Crippen LogP contribution is -2.38. The lowest BCUT2D eigenvalue weighted by Gasteiger charge is -2.25. The first-order valence-corrected chi connectivity index (χ1v) is 9.36. The van der Waals surface area contributed by atoms with Gasteiger partial charge in [0.1, 0.15) is 0 Å². The fraction of sp³-hybridized carbons (Fsp3) is 0.409. The molecule has 2 amide bonds. The SMILES string of the molecule is CCOCCOCc1cccc(NC(=O)NCC(C)(C)c2ccccc2)c1. The molecular formula is C22H30N2O3. The van der Waals surface area contributed by atoms with Crippen molar-refractivity contribution in [2.45, 2.75) is 32.8 Å². The Hall–Kier alpha value is -2.37. The van der Waals surface area contributed by atoms with Gasteiger partial charge in [-0.3, -0.25) is 0 Å². The van der Waals surface area contributed by atoms with Crippen molar-refractivity contribution < 1.29 is 14.3 Å². The monoisotopic (exact) mass is 370 g/mol. The molecule has 0 aromatic heterocycles. The third kappa shape index (κ3) is 7.41. The number of urea groups is 1. The van der Waals surface area contributed by atoms with Crippen LogP contribution in [0.15, 0.2) is 54.6 Å². The van der Waals surface area contributed by atoms with Gasteiger partial charge >= 0.3 is 6.03 Å². The lowest BCUT2D eigenvalue weighted by molar-refractivity contribution is 0.0453. The molecule has 0 spiro atoms. The highest BCUT2D eigenvalue weighted by Crippen LogP contribution is 2.21. The number of hydrogen-bond acceptors (Lipinski definition) is 3. The predicted molar refractivity (Wildman–Crippen MR) is 109 cm³/mol. The van der Waals surface area contributed by atoms with E-state index < -0.39 is 0 Å². The summed E-state index contributed by atoms with van der Waals surface area (Å²) in [7, 11) is 0. The molecule has 0 aliphatic rings. The molecule has 146 valence electrons. The Bertz CT molecular complexity index is 702.